The van der Waals surface area contributed by atoms with Crippen LogP contribution in [0.2, 0.25) is 0 Å². The number of carbonyl (C=O) groups excluding carboxylic acids is 2. The van der Waals surface area contributed by atoms with E-state index < -0.39 is 5.60 Å². The van der Waals surface area contributed by atoms with E-state index in [1.165, 1.54) is 0 Å². The number of primary amides is 1. The van der Waals surface area contributed by atoms with Gasteiger partial charge in [-0.05, 0) is 40.0 Å². The lowest BCUT2D eigenvalue weighted by Gasteiger charge is -2.27. The van der Waals surface area contributed by atoms with Gasteiger partial charge in [0.15, 0.2) is 0 Å². The molecule has 22 heavy (non-hydrogen) atoms. The molecule has 130 valence electrons. The number of rotatable bonds is 11. The maximum absolute atomic E-state index is 12.2. The van der Waals surface area contributed by atoms with Crippen molar-refractivity contribution >= 4 is 12.0 Å². The van der Waals surface area contributed by atoms with Crippen LogP contribution in [0.15, 0.2) is 0 Å². The number of nitrogens with zero attached hydrogens (tertiary/aromatic N) is 1. The SMILES string of the molecule is CCCCN(CCCCCCCC(N)=O)C(=O)OC(C)(C)C. The van der Waals surface area contributed by atoms with E-state index in [4.69, 9.17) is 10.5 Å². The predicted molar refractivity (Wildman–Crippen MR) is 89.6 cm³/mol. The van der Waals surface area contributed by atoms with Crippen LogP contribution in [0, 0.1) is 0 Å². The summed E-state index contributed by atoms with van der Waals surface area (Å²) in [6, 6.07) is 0. The molecule has 0 aliphatic rings. The zero-order valence-electron chi connectivity index (χ0n) is 14.8. The van der Waals surface area contributed by atoms with E-state index in [-0.39, 0.29) is 12.0 Å². The first-order valence-corrected chi connectivity index (χ1v) is 8.52. The Morgan fingerprint density at radius 1 is 0.955 bits per heavy atom. The summed E-state index contributed by atoms with van der Waals surface area (Å²) >= 11 is 0. The number of hydrogen-bond donors (Lipinski definition) is 1. The summed E-state index contributed by atoms with van der Waals surface area (Å²) in [5.41, 5.74) is 4.66. The zero-order valence-corrected chi connectivity index (χ0v) is 14.8. The highest BCUT2D eigenvalue weighted by Gasteiger charge is 2.21. The molecule has 0 aliphatic carbocycles. The summed E-state index contributed by atoms with van der Waals surface area (Å²) in [7, 11) is 0. The Morgan fingerprint density at radius 3 is 2.05 bits per heavy atom. The van der Waals surface area contributed by atoms with E-state index in [9.17, 15) is 9.59 Å². The Kier molecular flexibility index (Phi) is 10.7. The number of hydrogen-bond acceptors (Lipinski definition) is 3. The molecular weight excluding hydrogens is 280 g/mol. The van der Waals surface area contributed by atoms with Crippen LogP contribution in [0.4, 0.5) is 4.79 Å². The van der Waals surface area contributed by atoms with Crippen molar-refractivity contribution < 1.29 is 14.3 Å². The highest BCUT2D eigenvalue weighted by molar-refractivity contribution is 5.73. The molecule has 0 bridgehead atoms. The number of amides is 2. The van der Waals surface area contributed by atoms with E-state index >= 15 is 0 Å². The van der Waals surface area contributed by atoms with Crippen molar-refractivity contribution in [1.29, 1.82) is 0 Å². The molecule has 5 heteroatoms. The monoisotopic (exact) mass is 314 g/mol. The molecule has 2 amide bonds. The van der Waals surface area contributed by atoms with Crippen molar-refractivity contribution in [3.63, 3.8) is 0 Å². The second-order valence-corrected chi connectivity index (χ2v) is 6.81. The Hall–Kier alpha value is -1.26. The molecule has 0 saturated carbocycles. The van der Waals surface area contributed by atoms with Gasteiger partial charge in [0.2, 0.25) is 5.91 Å². The molecule has 2 N–H and O–H groups in total. The molecule has 0 heterocycles. The van der Waals surface area contributed by atoms with Gasteiger partial charge in [-0.3, -0.25) is 4.79 Å². The number of nitrogens with two attached hydrogens (primary N) is 1. The third-order valence-electron chi connectivity index (χ3n) is 3.28. The molecule has 0 unspecified atom stereocenters. The predicted octanol–water partition coefficient (Wildman–Crippen LogP) is 3.85. The smallest absolute Gasteiger partial charge is 0.410 e. The summed E-state index contributed by atoms with van der Waals surface area (Å²) in [5, 5.41) is 0. The Labute approximate surface area is 135 Å². The summed E-state index contributed by atoms with van der Waals surface area (Å²) in [4.78, 5) is 24.6. The maximum Gasteiger partial charge on any atom is 0.410 e. The van der Waals surface area contributed by atoms with Crippen molar-refractivity contribution in [3.8, 4) is 0 Å². The van der Waals surface area contributed by atoms with Crippen LogP contribution < -0.4 is 5.73 Å². The van der Waals surface area contributed by atoms with Crippen LogP contribution in [0.25, 0.3) is 0 Å². The minimum absolute atomic E-state index is 0.213. The minimum atomic E-state index is -0.448. The van der Waals surface area contributed by atoms with Crippen molar-refractivity contribution in [2.75, 3.05) is 13.1 Å². The normalized spacial score (nSPS) is 11.3. The summed E-state index contributed by atoms with van der Waals surface area (Å²) < 4.78 is 5.45. The fraction of sp³-hybridized carbons (Fsp3) is 0.882. The van der Waals surface area contributed by atoms with Gasteiger partial charge in [0.1, 0.15) is 5.60 Å². The first-order valence-electron chi connectivity index (χ1n) is 8.52. The van der Waals surface area contributed by atoms with Crippen molar-refractivity contribution in [2.45, 2.75) is 84.7 Å². The molecule has 0 aromatic rings. The standard InChI is InChI=1S/C17H34N2O3/c1-5-6-13-19(16(21)22-17(2,3)4)14-11-9-7-8-10-12-15(18)20/h5-14H2,1-4H3,(H2,18,20). The van der Waals surface area contributed by atoms with Gasteiger partial charge in [0.05, 0.1) is 0 Å². The molecule has 0 rings (SSSR count). The van der Waals surface area contributed by atoms with Gasteiger partial charge in [0, 0.05) is 19.5 Å². The molecule has 0 saturated heterocycles. The third-order valence-corrected chi connectivity index (χ3v) is 3.28. The molecule has 0 spiro atoms. The van der Waals surface area contributed by atoms with Crippen LogP contribution in [0.3, 0.4) is 0 Å². The van der Waals surface area contributed by atoms with E-state index in [1.807, 2.05) is 25.7 Å². The first kappa shape index (κ1) is 20.7. The maximum atomic E-state index is 12.2. The van der Waals surface area contributed by atoms with Crippen molar-refractivity contribution in [2.24, 2.45) is 5.73 Å². The average Bonchev–Trinajstić information content (AvgIpc) is 2.38. The van der Waals surface area contributed by atoms with Crippen LogP contribution in [0.5, 0.6) is 0 Å². The number of carbonyl (C=O) groups is 2. The van der Waals surface area contributed by atoms with Gasteiger partial charge in [-0.15, -0.1) is 0 Å². The fourth-order valence-corrected chi connectivity index (χ4v) is 2.10. The van der Waals surface area contributed by atoms with Gasteiger partial charge in [-0.1, -0.05) is 32.6 Å². The second-order valence-electron chi connectivity index (χ2n) is 6.81. The van der Waals surface area contributed by atoms with Crippen LogP contribution >= 0.6 is 0 Å². The minimum Gasteiger partial charge on any atom is -0.444 e. The third kappa shape index (κ3) is 12.5. The van der Waals surface area contributed by atoms with Gasteiger partial charge in [0.25, 0.3) is 0 Å². The lowest BCUT2D eigenvalue weighted by Crippen LogP contribution is -2.38. The second kappa shape index (κ2) is 11.3. The van der Waals surface area contributed by atoms with Crippen molar-refractivity contribution in [3.05, 3.63) is 0 Å². The average molecular weight is 314 g/mol. The summed E-state index contributed by atoms with van der Waals surface area (Å²) in [6.07, 6.45) is 7.30. The van der Waals surface area contributed by atoms with Gasteiger partial charge in [-0.2, -0.15) is 0 Å². The van der Waals surface area contributed by atoms with Crippen LogP contribution in [0.1, 0.15) is 79.1 Å². The zero-order chi connectivity index (χ0) is 17.0. The van der Waals surface area contributed by atoms with Gasteiger partial charge < -0.3 is 15.4 Å². The quantitative estimate of drug-likeness (QED) is 0.589. The van der Waals surface area contributed by atoms with E-state index in [1.54, 1.807) is 0 Å². The van der Waals surface area contributed by atoms with Crippen LogP contribution in [-0.2, 0) is 9.53 Å². The number of ether oxygens (including phenoxy) is 1. The Morgan fingerprint density at radius 2 is 1.50 bits per heavy atom. The molecule has 0 aromatic heterocycles. The topological polar surface area (TPSA) is 72.6 Å². The molecule has 0 fully saturated rings. The van der Waals surface area contributed by atoms with Gasteiger partial charge in [-0.25, -0.2) is 4.79 Å². The molecule has 0 atom stereocenters. The summed E-state index contributed by atoms with van der Waals surface area (Å²) in [5.74, 6) is -0.226. The lowest BCUT2D eigenvalue weighted by atomic mass is 10.1. The molecule has 5 nitrogen and oxygen atoms in total. The Bertz CT molecular complexity index is 324. The van der Waals surface area contributed by atoms with Crippen LogP contribution in [-0.4, -0.2) is 35.6 Å². The molecule has 0 aliphatic heterocycles. The fourth-order valence-electron chi connectivity index (χ4n) is 2.10. The van der Waals surface area contributed by atoms with E-state index in [0.29, 0.717) is 6.42 Å². The highest BCUT2D eigenvalue weighted by atomic mass is 16.6. The molecular formula is C17H34N2O3. The van der Waals surface area contributed by atoms with Gasteiger partial charge >= 0.3 is 6.09 Å². The van der Waals surface area contributed by atoms with Crippen molar-refractivity contribution in [1.82, 2.24) is 4.90 Å². The highest BCUT2D eigenvalue weighted by Crippen LogP contribution is 2.12. The molecule has 0 radical (unpaired) electrons. The largest absolute Gasteiger partial charge is 0.444 e. The van der Waals surface area contributed by atoms with E-state index in [2.05, 4.69) is 6.92 Å². The number of unbranched alkanes of at least 4 members (excludes halogenated alkanes) is 5. The Balaban J connectivity index is 3.99. The first-order chi connectivity index (χ1) is 10.3. The van der Waals surface area contributed by atoms with E-state index in [0.717, 1.165) is 58.0 Å². The lowest BCUT2D eigenvalue weighted by molar-refractivity contribution is -0.118. The molecule has 0 aromatic carbocycles. The summed E-state index contributed by atoms with van der Waals surface area (Å²) in [6.45, 7) is 9.29.